The number of carbonyl (C=O) groups is 1. The minimum absolute atomic E-state index is 0.135. The van der Waals surface area contributed by atoms with Crippen LogP contribution in [0.4, 0.5) is 10.5 Å². The molecule has 0 aliphatic rings. The molecule has 2 N–H and O–H groups in total. The number of hydrogen-bond acceptors (Lipinski definition) is 3. The number of amides is 2. The van der Waals surface area contributed by atoms with Gasteiger partial charge in [-0.15, -0.1) is 0 Å². The van der Waals surface area contributed by atoms with Gasteiger partial charge in [-0.2, -0.15) is 0 Å². The van der Waals surface area contributed by atoms with Gasteiger partial charge >= 0.3 is 6.03 Å². The highest BCUT2D eigenvalue weighted by Crippen LogP contribution is 2.32. The van der Waals surface area contributed by atoms with E-state index in [1.54, 1.807) is 23.7 Å². The van der Waals surface area contributed by atoms with E-state index in [0.29, 0.717) is 16.1 Å². The van der Waals surface area contributed by atoms with E-state index >= 15 is 0 Å². The topological polar surface area (TPSA) is 66.4 Å². The number of pyridine rings is 1. The molecule has 0 aliphatic carbocycles. The van der Waals surface area contributed by atoms with E-state index < -0.39 is 0 Å². The highest BCUT2D eigenvalue weighted by molar-refractivity contribution is 6.31. The Morgan fingerprint density at radius 2 is 1.75 bits per heavy atom. The first-order chi connectivity index (χ1) is 17.3. The summed E-state index contributed by atoms with van der Waals surface area (Å²) in [6.45, 7) is 1.18. The number of nitrogens with one attached hydrogen (secondary N) is 2. The van der Waals surface area contributed by atoms with Crippen LogP contribution in [0.25, 0.3) is 21.9 Å². The van der Waals surface area contributed by atoms with Gasteiger partial charge in [0.15, 0.2) is 0 Å². The molecule has 0 bridgehead atoms. The molecule has 2 amide bonds. The predicted molar refractivity (Wildman–Crippen MR) is 149 cm³/mol. The van der Waals surface area contributed by atoms with Gasteiger partial charge in [-0.05, 0) is 80.3 Å². The largest absolute Gasteiger partial charge is 0.332 e. The first-order valence-electron chi connectivity index (χ1n) is 12.0. The standard InChI is InChI=1S/C29H31ClN4O2/c1-33(2)16-8-10-20-9-7-13-23(17-20)32-29(36)31-19-26-27(21-11-5-4-6-12-21)25-18-22(30)14-15-24(25)28(35)34(26)3/h4-7,9,11-15,17-18H,8,10,16,19H2,1-3H3,(H2,31,32,36). The van der Waals surface area contributed by atoms with Crippen molar-refractivity contribution in [3.63, 3.8) is 0 Å². The average Bonchev–Trinajstić information content (AvgIpc) is 2.85. The molecule has 7 heteroatoms. The summed E-state index contributed by atoms with van der Waals surface area (Å²) in [7, 11) is 5.85. The number of aryl methyl sites for hydroxylation is 1. The van der Waals surface area contributed by atoms with E-state index in [1.165, 1.54) is 5.56 Å². The Kier molecular flexibility index (Phi) is 8.08. The molecule has 36 heavy (non-hydrogen) atoms. The lowest BCUT2D eigenvalue weighted by Gasteiger charge is -2.18. The van der Waals surface area contributed by atoms with Crippen LogP contribution in [-0.2, 0) is 20.0 Å². The number of fused-ring (bicyclic) bond motifs is 1. The van der Waals surface area contributed by atoms with Crippen molar-refractivity contribution in [2.24, 2.45) is 7.05 Å². The molecule has 0 spiro atoms. The summed E-state index contributed by atoms with van der Waals surface area (Å²) in [6, 6.07) is 22.7. The Hall–Kier alpha value is -3.61. The van der Waals surface area contributed by atoms with Crippen molar-refractivity contribution in [2.75, 3.05) is 26.0 Å². The second-order valence-corrected chi connectivity index (χ2v) is 9.59. The van der Waals surface area contributed by atoms with Crippen LogP contribution in [0.5, 0.6) is 0 Å². The van der Waals surface area contributed by atoms with Crippen molar-refractivity contribution in [1.29, 1.82) is 0 Å². The van der Waals surface area contributed by atoms with Crippen LogP contribution in [0.2, 0.25) is 5.02 Å². The molecular formula is C29H31ClN4O2. The third-order valence-electron chi connectivity index (χ3n) is 6.21. The van der Waals surface area contributed by atoms with Gasteiger partial charge in [0, 0.05) is 34.4 Å². The summed E-state index contributed by atoms with van der Waals surface area (Å²) in [6.07, 6.45) is 1.99. The van der Waals surface area contributed by atoms with E-state index in [2.05, 4.69) is 35.7 Å². The molecular weight excluding hydrogens is 472 g/mol. The van der Waals surface area contributed by atoms with Crippen LogP contribution in [0.15, 0.2) is 77.6 Å². The second kappa shape index (κ2) is 11.4. The summed E-state index contributed by atoms with van der Waals surface area (Å²) < 4.78 is 1.60. The van der Waals surface area contributed by atoms with Gasteiger partial charge in [0.25, 0.3) is 5.56 Å². The number of aromatic nitrogens is 1. The van der Waals surface area contributed by atoms with Gasteiger partial charge in [-0.25, -0.2) is 4.79 Å². The minimum Gasteiger partial charge on any atom is -0.332 e. The lowest BCUT2D eigenvalue weighted by molar-refractivity contribution is 0.251. The zero-order valence-corrected chi connectivity index (χ0v) is 21.6. The molecule has 3 aromatic carbocycles. The lowest BCUT2D eigenvalue weighted by atomic mass is 9.96. The van der Waals surface area contributed by atoms with Crippen molar-refractivity contribution in [1.82, 2.24) is 14.8 Å². The summed E-state index contributed by atoms with van der Waals surface area (Å²) in [5, 5.41) is 7.75. The first-order valence-corrected chi connectivity index (χ1v) is 12.4. The maximum Gasteiger partial charge on any atom is 0.319 e. The summed E-state index contributed by atoms with van der Waals surface area (Å²) >= 11 is 6.31. The second-order valence-electron chi connectivity index (χ2n) is 9.16. The molecule has 1 aromatic heterocycles. The van der Waals surface area contributed by atoms with E-state index in [4.69, 9.17) is 11.6 Å². The normalized spacial score (nSPS) is 11.1. The van der Waals surface area contributed by atoms with Crippen LogP contribution in [-0.4, -0.2) is 36.1 Å². The van der Waals surface area contributed by atoms with Gasteiger partial charge in [-0.1, -0.05) is 54.1 Å². The smallest absolute Gasteiger partial charge is 0.319 e. The summed E-state index contributed by atoms with van der Waals surface area (Å²) in [4.78, 5) is 28.1. The van der Waals surface area contributed by atoms with Gasteiger partial charge in [0.1, 0.15) is 0 Å². The summed E-state index contributed by atoms with van der Waals surface area (Å²) in [5.41, 5.74) is 4.30. The predicted octanol–water partition coefficient (Wildman–Crippen LogP) is 5.67. The maximum absolute atomic E-state index is 13.1. The third kappa shape index (κ3) is 5.96. The number of nitrogens with zero attached hydrogens (tertiary/aromatic N) is 2. The van der Waals surface area contributed by atoms with Crippen molar-refractivity contribution < 1.29 is 4.79 Å². The van der Waals surface area contributed by atoms with E-state index in [-0.39, 0.29) is 18.1 Å². The van der Waals surface area contributed by atoms with Gasteiger partial charge < -0.3 is 20.1 Å². The number of hydrogen-bond donors (Lipinski definition) is 2. The molecule has 0 aliphatic heterocycles. The molecule has 0 saturated carbocycles. The third-order valence-corrected chi connectivity index (χ3v) is 6.45. The molecule has 4 rings (SSSR count). The van der Waals surface area contributed by atoms with Crippen LogP contribution in [0.1, 0.15) is 17.7 Å². The fourth-order valence-electron chi connectivity index (χ4n) is 4.41. The Balaban J connectivity index is 1.58. The van der Waals surface area contributed by atoms with E-state index in [9.17, 15) is 9.59 Å². The zero-order chi connectivity index (χ0) is 25.7. The number of rotatable bonds is 8. The van der Waals surface area contributed by atoms with Crippen LogP contribution in [0, 0.1) is 0 Å². The number of halogens is 1. The monoisotopic (exact) mass is 502 g/mol. The van der Waals surface area contributed by atoms with E-state index in [1.807, 2.05) is 54.6 Å². The molecule has 0 radical (unpaired) electrons. The Bertz CT molecular complexity index is 1430. The Morgan fingerprint density at radius 3 is 2.50 bits per heavy atom. The minimum atomic E-state index is -0.335. The van der Waals surface area contributed by atoms with Gasteiger partial charge in [0.2, 0.25) is 0 Å². The number of carbonyl (C=O) groups excluding carboxylic acids is 1. The molecule has 0 saturated heterocycles. The molecule has 4 aromatic rings. The fourth-order valence-corrected chi connectivity index (χ4v) is 4.59. The molecule has 1 heterocycles. The van der Waals surface area contributed by atoms with Crippen molar-refractivity contribution in [2.45, 2.75) is 19.4 Å². The SMILES string of the molecule is CN(C)CCCc1cccc(NC(=O)NCc2c(-c3ccccc3)c3cc(Cl)ccc3c(=O)n2C)c1. The fraction of sp³-hybridized carbons (Fsp3) is 0.241. The van der Waals surface area contributed by atoms with Gasteiger partial charge in [0.05, 0.1) is 6.54 Å². The average molecular weight is 503 g/mol. The molecule has 186 valence electrons. The van der Waals surface area contributed by atoms with Crippen LogP contribution >= 0.6 is 11.6 Å². The lowest BCUT2D eigenvalue weighted by Crippen LogP contribution is -2.32. The number of urea groups is 1. The number of anilines is 1. The quantitative estimate of drug-likeness (QED) is 0.326. The molecule has 0 atom stereocenters. The van der Waals surface area contributed by atoms with Crippen molar-refractivity contribution in [3.05, 3.63) is 99.4 Å². The first kappa shape index (κ1) is 25.5. The van der Waals surface area contributed by atoms with Gasteiger partial charge in [-0.3, -0.25) is 4.79 Å². The zero-order valence-electron chi connectivity index (χ0n) is 20.8. The molecule has 0 unspecified atom stereocenters. The summed E-state index contributed by atoms with van der Waals surface area (Å²) in [5.74, 6) is 0. The van der Waals surface area contributed by atoms with Crippen molar-refractivity contribution in [3.8, 4) is 11.1 Å². The van der Waals surface area contributed by atoms with Crippen LogP contribution in [0.3, 0.4) is 0 Å². The number of benzene rings is 3. The highest BCUT2D eigenvalue weighted by Gasteiger charge is 2.17. The van der Waals surface area contributed by atoms with E-state index in [0.717, 1.165) is 41.6 Å². The van der Waals surface area contributed by atoms with Crippen molar-refractivity contribution >= 4 is 34.1 Å². The van der Waals surface area contributed by atoms with Crippen LogP contribution < -0.4 is 16.2 Å². The Morgan fingerprint density at radius 1 is 0.972 bits per heavy atom. The maximum atomic E-state index is 13.1. The molecule has 0 fully saturated rings. The molecule has 6 nitrogen and oxygen atoms in total. The highest BCUT2D eigenvalue weighted by atomic mass is 35.5. The Labute approximate surface area is 216 Å².